The zero-order valence-electron chi connectivity index (χ0n) is 10.7. The number of nitro benzene ring substituents is 1. The highest BCUT2D eigenvalue weighted by Crippen LogP contribution is 2.37. The Morgan fingerprint density at radius 3 is 2.52 bits per heavy atom. The lowest BCUT2D eigenvalue weighted by atomic mass is 9.99. The van der Waals surface area contributed by atoms with Crippen molar-refractivity contribution in [3.63, 3.8) is 0 Å². The minimum Gasteiger partial charge on any atom is -0.466 e. The number of nitro groups is 1. The maximum atomic E-state index is 13.0. The fourth-order valence-corrected chi connectivity index (χ4v) is 1.68. The van der Waals surface area contributed by atoms with Crippen molar-refractivity contribution in [1.29, 1.82) is 5.26 Å². The molecule has 21 heavy (non-hydrogen) atoms. The maximum Gasteiger partial charge on any atom is 0.416 e. The summed E-state index contributed by atoms with van der Waals surface area (Å²) in [7, 11) is 0. The van der Waals surface area contributed by atoms with Gasteiger partial charge in [0.2, 0.25) is 0 Å². The first kappa shape index (κ1) is 16.4. The first-order chi connectivity index (χ1) is 9.70. The predicted octanol–water partition coefficient (Wildman–Crippen LogP) is 2.59. The Balaban J connectivity index is 3.52. The van der Waals surface area contributed by atoms with Gasteiger partial charge in [-0.1, -0.05) is 0 Å². The zero-order chi connectivity index (χ0) is 16.2. The summed E-state index contributed by atoms with van der Waals surface area (Å²) >= 11 is 0. The molecule has 6 nitrogen and oxygen atoms in total. The molecule has 0 spiro atoms. The number of nitriles is 1. The summed E-state index contributed by atoms with van der Waals surface area (Å²) in [4.78, 5) is 21.2. The molecule has 0 aliphatic heterocycles. The van der Waals surface area contributed by atoms with E-state index in [9.17, 15) is 28.1 Å². The molecule has 0 fully saturated rings. The van der Waals surface area contributed by atoms with E-state index in [1.54, 1.807) is 0 Å². The molecule has 9 heteroatoms. The van der Waals surface area contributed by atoms with Gasteiger partial charge in [0, 0.05) is 6.07 Å². The van der Waals surface area contributed by atoms with Crippen LogP contribution >= 0.6 is 0 Å². The molecule has 112 valence electrons. The topological polar surface area (TPSA) is 93.2 Å². The molecule has 0 N–H and O–H groups in total. The molecule has 0 aromatic heterocycles. The molecule has 0 saturated carbocycles. The minimum atomic E-state index is -4.93. The first-order valence-electron chi connectivity index (χ1n) is 5.65. The van der Waals surface area contributed by atoms with Gasteiger partial charge in [-0.05, 0) is 13.0 Å². The minimum absolute atomic E-state index is 0.0652. The fraction of sp³-hybridized carbons (Fsp3) is 0.333. The molecule has 0 heterocycles. The van der Waals surface area contributed by atoms with Gasteiger partial charge >= 0.3 is 12.1 Å². The molecular weight excluding hydrogens is 293 g/mol. The van der Waals surface area contributed by atoms with Crippen molar-refractivity contribution in [2.45, 2.75) is 19.5 Å². The van der Waals surface area contributed by atoms with Crippen molar-refractivity contribution in [1.82, 2.24) is 0 Å². The van der Waals surface area contributed by atoms with E-state index in [0.717, 1.165) is 0 Å². The van der Waals surface area contributed by atoms with E-state index >= 15 is 0 Å². The van der Waals surface area contributed by atoms with Crippen molar-refractivity contribution in [3.8, 4) is 6.07 Å². The summed E-state index contributed by atoms with van der Waals surface area (Å²) in [6, 6.07) is 2.59. The Morgan fingerprint density at radius 2 is 2.10 bits per heavy atom. The average molecular weight is 302 g/mol. The zero-order valence-corrected chi connectivity index (χ0v) is 10.7. The van der Waals surface area contributed by atoms with Crippen molar-refractivity contribution in [2.24, 2.45) is 0 Å². The molecule has 1 aromatic rings. The Morgan fingerprint density at radius 1 is 1.48 bits per heavy atom. The van der Waals surface area contributed by atoms with E-state index < -0.39 is 45.9 Å². The van der Waals surface area contributed by atoms with Crippen molar-refractivity contribution >= 4 is 11.7 Å². The second kappa shape index (κ2) is 6.21. The van der Waals surface area contributed by atoms with Crippen LogP contribution < -0.4 is 0 Å². The van der Waals surface area contributed by atoms with Crippen LogP contribution in [0.1, 0.15) is 23.6 Å². The van der Waals surface area contributed by atoms with Crippen LogP contribution in [0.25, 0.3) is 0 Å². The van der Waals surface area contributed by atoms with E-state index in [1.807, 2.05) is 0 Å². The van der Waals surface area contributed by atoms with Crippen LogP contribution in [0, 0.1) is 21.4 Å². The van der Waals surface area contributed by atoms with E-state index in [0.29, 0.717) is 12.1 Å². The monoisotopic (exact) mass is 302 g/mol. The number of benzene rings is 1. The van der Waals surface area contributed by atoms with E-state index in [-0.39, 0.29) is 6.61 Å². The van der Waals surface area contributed by atoms with Crippen LogP contribution in [0.4, 0.5) is 18.9 Å². The Bertz CT molecular complexity index is 620. The summed E-state index contributed by atoms with van der Waals surface area (Å²) in [5.74, 6) is -1.02. The second-order valence-corrected chi connectivity index (χ2v) is 3.87. The number of carbonyl (C=O) groups is 1. The fourth-order valence-electron chi connectivity index (χ4n) is 1.68. The van der Waals surface area contributed by atoms with Crippen molar-refractivity contribution in [2.75, 3.05) is 6.61 Å². The largest absolute Gasteiger partial charge is 0.466 e. The number of rotatable bonds is 4. The number of alkyl halides is 3. The smallest absolute Gasteiger partial charge is 0.416 e. The van der Waals surface area contributed by atoms with Gasteiger partial charge in [0.25, 0.3) is 5.69 Å². The van der Waals surface area contributed by atoms with E-state index in [1.165, 1.54) is 13.0 Å². The highest BCUT2D eigenvalue weighted by Gasteiger charge is 2.38. The molecule has 0 atom stereocenters. The lowest BCUT2D eigenvalue weighted by Crippen LogP contribution is -2.16. The van der Waals surface area contributed by atoms with Gasteiger partial charge in [-0.25, -0.2) is 0 Å². The molecule has 0 aliphatic rings. The molecule has 0 aliphatic carbocycles. The van der Waals surface area contributed by atoms with Gasteiger partial charge in [-0.2, -0.15) is 18.4 Å². The number of ether oxygens (including phenoxy) is 1. The highest BCUT2D eigenvalue weighted by atomic mass is 19.4. The summed E-state index contributed by atoms with van der Waals surface area (Å²) in [6.45, 7) is 1.39. The number of esters is 1. The SMILES string of the molecule is CCOC(=O)Cc1c([N+](=O)[O-])cc(C#N)cc1C(F)(F)F. The van der Waals surface area contributed by atoms with Gasteiger partial charge in [0.05, 0.1) is 40.7 Å². The summed E-state index contributed by atoms with van der Waals surface area (Å²) in [5.41, 5.74) is -3.65. The number of hydrogen-bond acceptors (Lipinski definition) is 5. The molecular formula is C12H9F3N2O4. The van der Waals surface area contributed by atoms with Crippen LogP contribution in [-0.4, -0.2) is 17.5 Å². The lowest BCUT2D eigenvalue weighted by molar-refractivity contribution is -0.385. The third-order valence-electron chi connectivity index (χ3n) is 2.48. The number of carbonyl (C=O) groups excluding carboxylic acids is 1. The third kappa shape index (κ3) is 3.92. The summed E-state index contributed by atoms with van der Waals surface area (Å²) in [6.07, 6.45) is -5.83. The number of halogens is 3. The van der Waals surface area contributed by atoms with Gasteiger partial charge in [-0.15, -0.1) is 0 Å². The van der Waals surface area contributed by atoms with Crippen molar-refractivity contribution in [3.05, 3.63) is 38.9 Å². The molecule has 0 unspecified atom stereocenters. The van der Waals surface area contributed by atoms with Gasteiger partial charge < -0.3 is 4.74 Å². The molecule has 0 radical (unpaired) electrons. The number of nitrogens with zero attached hydrogens (tertiary/aromatic N) is 2. The van der Waals surface area contributed by atoms with E-state index in [4.69, 9.17) is 5.26 Å². The maximum absolute atomic E-state index is 13.0. The summed E-state index contributed by atoms with van der Waals surface area (Å²) in [5, 5.41) is 19.5. The molecule has 0 saturated heterocycles. The predicted molar refractivity (Wildman–Crippen MR) is 63.2 cm³/mol. The Hall–Kier alpha value is -2.63. The van der Waals surface area contributed by atoms with E-state index in [2.05, 4.69) is 4.74 Å². The average Bonchev–Trinajstić information content (AvgIpc) is 2.37. The third-order valence-corrected chi connectivity index (χ3v) is 2.48. The molecule has 0 bridgehead atoms. The van der Waals surface area contributed by atoms with Crippen LogP contribution in [0.15, 0.2) is 12.1 Å². The molecule has 1 rings (SSSR count). The van der Waals surface area contributed by atoms with Gasteiger partial charge in [-0.3, -0.25) is 14.9 Å². The highest BCUT2D eigenvalue weighted by molar-refractivity contribution is 5.75. The van der Waals surface area contributed by atoms with Gasteiger partial charge in [0.1, 0.15) is 0 Å². The van der Waals surface area contributed by atoms with Crippen LogP contribution in [0.3, 0.4) is 0 Å². The van der Waals surface area contributed by atoms with Crippen LogP contribution in [0.5, 0.6) is 0 Å². The van der Waals surface area contributed by atoms with Crippen LogP contribution in [-0.2, 0) is 22.1 Å². The lowest BCUT2D eigenvalue weighted by Gasteiger charge is -2.13. The van der Waals surface area contributed by atoms with Crippen molar-refractivity contribution < 1.29 is 27.6 Å². The Kier molecular flexibility index (Phi) is 4.86. The first-order valence-corrected chi connectivity index (χ1v) is 5.65. The Labute approximate surface area is 116 Å². The quantitative estimate of drug-likeness (QED) is 0.484. The molecule has 1 aromatic carbocycles. The second-order valence-electron chi connectivity index (χ2n) is 3.87. The van der Waals surface area contributed by atoms with Gasteiger partial charge in [0.15, 0.2) is 0 Å². The summed E-state index contributed by atoms with van der Waals surface area (Å²) < 4.78 is 43.4. The normalized spacial score (nSPS) is 10.8. The standard InChI is InChI=1S/C12H9F3N2O4/c1-2-21-11(18)5-8-9(12(13,14)15)3-7(6-16)4-10(8)17(19)20/h3-4H,2,5H2,1H3. The molecule has 0 amide bonds. The number of hydrogen-bond donors (Lipinski definition) is 0. The van der Waals surface area contributed by atoms with Crippen LogP contribution in [0.2, 0.25) is 0 Å².